The van der Waals surface area contributed by atoms with Crippen LogP contribution in [0.25, 0.3) is 0 Å². The molecular weight excluding hydrogens is 240 g/mol. The minimum absolute atomic E-state index is 0.0931. The van der Waals surface area contributed by atoms with E-state index in [-0.39, 0.29) is 16.1 Å². The molecule has 2 heteroatoms. The van der Waals surface area contributed by atoms with Crippen LogP contribution in [0.1, 0.15) is 33.6 Å². The van der Waals surface area contributed by atoms with Crippen LogP contribution in [0.3, 0.4) is 0 Å². The number of carbonyl (C=O) groups is 1. The lowest BCUT2D eigenvalue weighted by Crippen LogP contribution is -2.34. The van der Waals surface area contributed by atoms with E-state index in [1.807, 2.05) is 18.2 Å². The number of hydrogen-bond donors (Lipinski definition) is 0. The van der Waals surface area contributed by atoms with Crippen LogP contribution in [-0.2, 0) is 4.79 Å². The Morgan fingerprint density at radius 2 is 1.83 bits per heavy atom. The van der Waals surface area contributed by atoms with Gasteiger partial charge in [-0.25, -0.2) is 0 Å². The first kappa shape index (κ1) is 12.3. The fourth-order valence-corrected chi connectivity index (χ4v) is 5.40. The molecule has 0 aliphatic heterocycles. The average Bonchev–Trinajstić information content (AvgIpc) is 2.65. The second-order valence-corrected chi connectivity index (χ2v) is 7.63. The van der Waals surface area contributed by atoms with Gasteiger partial charge < -0.3 is 0 Å². The summed E-state index contributed by atoms with van der Waals surface area (Å²) in [5.74, 6) is 1.03. The van der Waals surface area contributed by atoms with E-state index in [2.05, 4.69) is 32.9 Å². The molecule has 1 aromatic carbocycles. The van der Waals surface area contributed by atoms with Crippen molar-refractivity contribution in [2.24, 2.45) is 16.7 Å². The van der Waals surface area contributed by atoms with Crippen LogP contribution in [0.5, 0.6) is 0 Å². The normalized spacial score (nSPS) is 37.2. The third-order valence-corrected chi connectivity index (χ3v) is 6.82. The fourth-order valence-electron chi connectivity index (χ4n) is 3.78. The van der Waals surface area contributed by atoms with Crippen molar-refractivity contribution in [3.63, 3.8) is 0 Å². The van der Waals surface area contributed by atoms with Gasteiger partial charge >= 0.3 is 0 Å². The zero-order valence-corrected chi connectivity index (χ0v) is 12.1. The molecule has 2 bridgehead atoms. The van der Waals surface area contributed by atoms with Gasteiger partial charge in [-0.3, -0.25) is 4.79 Å². The largest absolute Gasteiger partial charge is 0.298 e. The highest BCUT2D eigenvalue weighted by atomic mass is 32.2. The quantitative estimate of drug-likeness (QED) is 0.793. The summed E-state index contributed by atoms with van der Waals surface area (Å²) in [5, 5.41) is 0.168. The molecule has 2 aliphatic carbocycles. The maximum Gasteiger partial charge on any atom is 0.152 e. The molecule has 0 amide bonds. The zero-order valence-electron chi connectivity index (χ0n) is 11.3. The summed E-state index contributed by atoms with van der Waals surface area (Å²) in [6.45, 7) is 6.75. The van der Waals surface area contributed by atoms with Crippen molar-refractivity contribution in [2.75, 3.05) is 0 Å². The molecule has 0 radical (unpaired) electrons. The first-order valence-electron chi connectivity index (χ1n) is 6.73. The van der Waals surface area contributed by atoms with Crippen molar-refractivity contribution in [2.45, 2.75) is 43.8 Å². The molecule has 3 atom stereocenters. The average molecular weight is 260 g/mol. The highest BCUT2D eigenvalue weighted by Gasteiger charge is 2.66. The first-order valence-corrected chi connectivity index (χ1v) is 7.61. The van der Waals surface area contributed by atoms with Gasteiger partial charge in [0.2, 0.25) is 0 Å². The van der Waals surface area contributed by atoms with Gasteiger partial charge in [0.1, 0.15) is 0 Å². The Morgan fingerprint density at radius 1 is 1.17 bits per heavy atom. The number of benzene rings is 1. The topological polar surface area (TPSA) is 17.1 Å². The second-order valence-electron chi connectivity index (χ2n) is 6.41. The molecule has 2 fully saturated rings. The van der Waals surface area contributed by atoms with Crippen LogP contribution in [0.2, 0.25) is 0 Å². The summed E-state index contributed by atoms with van der Waals surface area (Å²) < 4.78 is 0. The molecule has 3 rings (SSSR count). The lowest BCUT2D eigenvalue weighted by atomic mass is 9.70. The number of fused-ring (bicyclic) bond motifs is 2. The van der Waals surface area contributed by atoms with E-state index < -0.39 is 0 Å². The highest BCUT2D eigenvalue weighted by Crippen LogP contribution is 2.66. The molecule has 2 saturated carbocycles. The summed E-state index contributed by atoms with van der Waals surface area (Å²) in [6, 6.07) is 10.3. The van der Waals surface area contributed by atoms with Gasteiger partial charge in [0.15, 0.2) is 5.78 Å². The third kappa shape index (κ3) is 1.45. The number of ketones is 1. The lowest BCUT2D eigenvalue weighted by Gasteiger charge is -2.32. The van der Waals surface area contributed by atoms with Gasteiger partial charge in [0.05, 0.1) is 5.25 Å². The summed E-state index contributed by atoms with van der Waals surface area (Å²) in [5.41, 5.74) is 0.0701. The van der Waals surface area contributed by atoms with Crippen molar-refractivity contribution < 1.29 is 4.79 Å². The van der Waals surface area contributed by atoms with Crippen LogP contribution < -0.4 is 0 Å². The molecule has 0 heterocycles. The second kappa shape index (κ2) is 3.86. The maximum atomic E-state index is 12.7. The molecule has 0 saturated heterocycles. The Hall–Kier alpha value is -0.760. The van der Waals surface area contributed by atoms with Gasteiger partial charge in [0.25, 0.3) is 0 Å². The van der Waals surface area contributed by atoms with E-state index in [4.69, 9.17) is 0 Å². The fraction of sp³-hybridized carbons (Fsp3) is 0.562. The van der Waals surface area contributed by atoms with Crippen LogP contribution >= 0.6 is 11.8 Å². The number of carbonyl (C=O) groups excluding carboxylic acids is 1. The van der Waals surface area contributed by atoms with E-state index in [0.29, 0.717) is 11.7 Å². The Balaban J connectivity index is 1.90. The van der Waals surface area contributed by atoms with E-state index in [1.54, 1.807) is 11.8 Å². The summed E-state index contributed by atoms with van der Waals surface area (Å²) in [4.78, 5) is 13.9. The molecule has 2 aliphatic rings. The van der Waals surface area contributed by atoms with Gasteiger partial charge in [-0.15, -0.1) is 11.8 Å². The van der Waals surface area contributed by atoms with Crippen LogP contribution in [0.15, 0.2) is 35.2 Å². The van der Waals surface area contributed by atoms with E-state index in [1.165, 1.54) is 11.3 Å². The molecule has 0 unspecified atom stereocenters. The minimum atomic E-state index is -0.0931. The van der Waals surface area contributed by atoms with E-state index in [0.717, 1.165) is 6.42 Å². The number of thioether (sulfide) groups is 1. The molecule has 96 valence electrons. The predicted molar refractivity (Wildman–Crippen MR) is 75.7 cm³/mol. The summed E-state index contributed by atoms with van der Waals surface area (Å²) >= 11 is 1.77. The van der Waals surface area contributed by atoms with Crippen molar-refractivity contribution in [3.05, 3.63) is 30.3 Å². The predicted octanol–water partition coefficient (Wildman–Crippen LogP) is 4.17. The number of rotatable bonds is 2. The Bertz CT molecular complexity index is 479. The van der Waals surface area contributed by atoms with E-state index in [9.17, 15) is 4.79 Å². The number of hydrogen-bond acceptors (Lipinski definition) is 2. The van der Waals surface area contributed by atoms with Gasteiger partial charge in [-0.2, -0.15) is 0 Å². The van der Waals surface area contributed by atoms with E-state index >= 15 is 0 Å². The van der Waals surface area contributed by atoms with Crippen molar-refractivity contribution >= 4 is 17.5 Å². The lowest BCUT2D eigenvalue weighted by molar-refractivity contribution is -0.127. The molecule has 0 aromatic heterocycles. The van der Waals surface area contributed by atoms with Crippen molar-refractivity contribution in [3.8, 4) is 0 Å². The maximum absolute atomic E-state index is 12.7. The van der Waals surface area contributed by atoms with Crippen LogP contribution in [0, 0.1) is 16.7 Å². The third-order valence-electron chi connectivity index (χ3n) is 5.48. The minimum Gasteiger partial charge on any atom is -0.298 e. The van der Waals surface area contributed by atoms with Crippen LogP contribution in [-0.4, -0.2) is 11.0 Å². The Labute approximate surface area is 113 Å². The molecule has 0 N–H and O–H groups in total. The summed E-state index contributed by atoms with van der Waals surface area (Å²) in [6.07, 6.45) is 2.29. The van der Waals surface area contributed by atoms with Crippen molar-refractivity contribution in [1.29, 1.82) is 0 Å². The standard InChI is InChI=1S/C16H20OS/c1-15(2)12-9-10-16(15,3)14(17)13(12)18-11-7-5-4-6-8-11/h4-8,12-13H,9-10H2,1-3H3/t12-,13+,16+/m1/s1. The molecule has 1 aromatic rings. The van der Waals surface area contributed by atoms with Gasteiger partial charge in [-0.1, -0.05) is 39.0 Å². The Morgan fingerprint density at radius 3 is 2.39 bits per heavy atom. The summed E-state index contributed by atoms with van der Waals surface area (Å²) in [7, 11) is 0. The van der Waals surface area contributed by atoms with Crippen molar-refractivity contribution in [1.82, 2.24) is 0 Å². The van der Waals surface area contributed by atoms with Gasteiger partial charge in [-0.05, 0) is 36.3 Å². The zero-order chi connectivity index (χ0) is 13.0. The molecule has 1 nitrogen and oxygen atoms in total. The number of Topliss-reactive ketones (excluding diaryl/α,β-unsaturated/α-hetero) is 1. The van der Waals surface area contributed by atoms with Gasteiger partial charge in [0, 0.05) is 10.3 Å². The SMILES string of the molecule is CC1(C)[C@@H]2CC[C@@]1(C)C(=O)[C@H]2Sc1ccccc1. The first-order chi connectivity index (χ1) is 8.47. The van der Waals surface area contributed by atoms with Crippen LogP contribution in [0.4, 0.5) is 0 Å². The molecule has 0 spiro atoms. The highest BCUT2D eigenvalue weighted by molar-refractivity contribution is 8.00. The molecular formula is C16H20OS. The monoisotopic (exact) mass is 260 g/mol. The smallest absolute Gasteiger partial charge is 0.152 e. The molecule has 18 heavy (non-hydrogen) atoms. The Kier molecular flexibility index (Phi) is 2.64.